The Kier molecular flexibility index (Phi) is 5.63. The number of alkyl halides is 2. The van der Waals surface area contributed by atoms with Crippen LogP contribution in [0.15, 0.2) is 46.9 Å². The summed E-state index contributed by atoms with van der Waals surface area (Å²) in [7, 11) is 0. The van der Waals surface area contributed by atoms with Crippen molar-refractivity contribution in [2.24, 2.45) is 0 Å². The molecule has 0 saturated carbocycles. The highest BCUT2D eigenvalue weighted by Gasteiger charge is 2.38. The molecule has 0 radical (unpaired) electrons. The maximum atomic E-state index is 13.1. The molecule has 31 heavy (non-hydrogen) atoms. The number of fused-ring (bicyclic) bond motifs is 3. The number of amides is 1. The first-order chi connectivity index (χ1) is 14.6. The van der Waals surface area contributed by atoms with Gasteiger partial charge in [0, 0.05) is 23.1 Å². The number of nitrogens with zero attached hydrogens (tertiary/aromatic N) is 3. The van der Waals surface area contributed by atoms with Gasteiger partial charge in [-0.1, -0.05) is 34.1 Å². The summed E-state index contributed by atoms with van der Waals surface area (Å²) in [5, 5.41) is 0. The molecule has 3 aromatic rings. The van der Waals surface area contributed by atoms with Gasteiger partial charge in [-0.3, -0.25) is 4.90 Å². The van der Waals surface area contributed by atoms with Gasteiger partial charge in [-0.25, -0.2) is 9.78 Å². The van der Waals surface area contributed by atoms with Gasteiger partial charge >= 0.3 is 12.7 Å². The Balaban J connectivity index is 1.88. The Labute approximate surface area is 186 Å². The van der Waals surface area contributed by atoms with E-state index >= 15 is 0 Å². The number of benzene rings is 2. The second-order valence-corrected chi connectivity index (χ2v) is 9.16. The van der Waals surface area contributed by atoms with Crippen molar-refractivity contribution in [2.75, 3.05) is 6.54 Å². The summed E-state index contributed by atoms with van der Waals surface area (Å²) in [5.74, 6) is 0.563. The Hall–Kier alpha value is -2.68. The van der Waals surface area contributed by atoms with Crippen LogP contribution in [0.2, 0.25) is 0 Å². The minimum absolute atomic E-state index is 0.00209. The molecule has 2 aromatic carbocycles. The SMILES string of the molecule is CC(C)(C)OC(=O)N1CCn2c(nc3ccc(Br)cc32)C1c1ccccc1OC(F)F. The molecule has 1 atom stereocenters. The summed E-state index contributed by atoms with van der Waals surface area (Å²) in [6, 6.07) is 11.4. The van der Waals surface area contributed by atoms with E-state index in [2.05, 4.69) is 15.9 Å². The molecule has 0 saturated heterocycles. The van der Waals surface area contributed by atoms with E-state index in [0.717, 1.165) is 15.5 Å². The van der Waals surface area contributed by atoms with E-state index in [1.165, 1.54) is 11.0 Å². The number of imidazole rings is 1. The number of para-hydroxylation sites is 1. The molecule has 9 heteroatoms. The molecule has 0 fully saturated rings. The van der Waals surface area contributed by atoms with Crippen LogP contribution in [0.5, 0.6) is 5.75 Å². The summed E-state index contributed by atoms with van der Waals surface area (Å²) < 4.78 is 39.5. The van der Waals surface area contributed by atoms with Crippen molar-refractivity contribution >= 4 is 33.1 Å². The Morgan fingerprint density at radius 3 is 2.65 bits per heavy atom. The maximum Gasteiger partial charge on any atom is 0.411 e. The third-order valence-electron chi connectivity index (χ3n) is 4.92. The van der Waals surface area contributed by atoms with E-state index in [1.807, 2.05) is 22.8 Å². The predicted molar refractivity (Wildman–Crippen MR) is 115 cm³/mol. The van der Waals surface area contributed by atoms with Crippen LogP contribution in [0.4, 0.5) is 13.6 Å². The highest BCUT2D eigenvalue weighted by Crippen LogP contribution is 2.39. The van der Waals surface area contributed by atoms with Crippen molar-refractivity contribution in [1.82, 2.24) is 14.5 Å². The van der Waals surface area contributed by atoms with Crippen molar-refractivity contribution in [3.63, 3.8) is 0 Å². The predicted octanol–water partition coefficient (Wildman–Crippen LogP) is 5.74. The van der Waals surface area contributed by atoms with Gasteiger partial charge in [0.05, 0.1) is 11.0 Å². The molecule has 0 bridgehead atoms. The summed E-state index contributed by atoms with van der Waals surface area (Å²) in [4.78, 5) is 19.4. The molecule has 164 valence electrons. The fourth-order valence-electron chi connectivity index (χ4n) is 3.77. The molecule has 0 spiro atoms. The summed E-state index contributed by atoms with van der Waals surface area (Å²) in [6.07, 6.45) is -0.538. The van der Waals surface area contributed by atoms with Crippen LogP contribution < -0.4 is 4.74 Å². The van der Waals surface area contributed by atoms with Crippen LogP contribution in [0, 0.1) is 0 Å². The summed E-state index contributed by atoms with van der Waals surface area (Å²) in [6.45, 7) is 3.18. The van der Waals surface area contributed by atoms with E-state index in [0.29, 0.717) is 24.5 Å². The van der Waals surface area contributed by atoms with Gasteiger partial charge < -0.3 is 14.0 Å². The second kappa shape index (κ2) is 8.11. The second-order valence-electron chi connectivity index (χ2n) is 8.25. The minimum atomic E-state index is -2.99. The molecule has 1 aliphatic rings. The Morgan fingerprint density at radius 2 is 1.94 bits per heavy atom. The first kappa shape index (κ1) is 21.5. The molecule has 2 heterocycles. The van der Waals surface area contributed by atoms with Crippen molar-refractivity contribution in [1.29, 1.82) is 0 Å². The van der Waals surface area contributed by atoms with Crippen LogP contribution in [-0.4, -0.2) is 39.3 Å². The number of carbonyl (C=O) groups is 1. The fraction of sp³-hybridized carbons (Fsp3) is 0.364. The molecule has 1 aliphatic heterocycles. The molecule has 0 N–H and O–H groups in total. The van der Waals surface area contributed by atoms with Gasteiger partial charge in [-0.2, -0.15) is 8.78 Å². The van der Waals surface area contributed by atoms with Gasteiger partial charge in [0.25, 0.3) is 0 Å². The van der Waals surface area contributed by atoms with Crippen LogP contribution >= 0.6 is 15.9 Å². The lowest BCUT2D eigenvalue weighted by Gasteiger charge is -2.37. The van der Waals surface area contributed by atoms with Crippen molar-refractivity contribution in [3.8, 4) is 5.75 Å². The summed E-state index contributed by atoms with van der Waals surface area (Å²) in [5.41, 5.74) is 1.36. The number of hydrogen-bond donors (Lipinski definition) is 0. The van der Waals surface area contributed by atoms with Crippen molar-refractivity contribution in [3.05, 3.63) is 58.3 Å². The largest absolute Gasteiger partial charge is 0.444 e. The van der Waals surface area contributed by atoms with Crippen LogP contribution in [0.3, 0.4) is 0 Å². The van der Waals surface area contributed by atoms with Crippen LogP contribution in [0.1, 0.15) is 38.2 Å². The van der Waals surface area contributed by atoms with Gasteiger partial charge in [-0.15, -0.1) is 0 Å². The fourth-order valence-corrected chi connectivity index (χ4v) is 4.12. The van der Waals surface area contributed by atoms with Crippen molar-refractivity contribution in [2.45, 2.75) is 45.6 Å². The molecule has 0 aliphatic carbocycles. The normalized spacial score (nSPS) is 16.5. The molecule has 1 amide bonds. The lowest BCUT2D eigenvalue weighted by atomic mass is 10.0. The molecular weight excluding hydrogens is 472 g/mol. The average Bonchev–Trinajstić information content (AvgIpc) is 3.04. The van der Waals surface area contributed by atoms with E-state index < -0.39 is 24.3 Å². The third kappa shape index (κ3) is 4.37. The third-order valence-corrected chi connectivity index (χ3v) is 5.41. The van der Waals surface area contributed by atoms with E-state index in [4.69, 9.17) is 14.5 Å². The number of rotatable bonds is 3. The minimum Gasteiger partial charge on any atom is -0.444 e. The molecule has 1 unspecified atom stereocenters. The highest BCUT2D eigenvalue weighted by atomic mass is 79.9. The standard InChI is InChI=1S/C22H22BrF2N3O3/c1-22(2,3)31-21(29)28-11-10-27-16-12-13(23)8-9-15(16)26-19(27)18(28)14-6-4-5-7-17(14)30-20(24)25/h4-9,12,18,20H,10-11H2,1-3H3. The molecule has 1 aromatic heterocycles. The zero-order valence-corrected chi connectivity index (χ0v) is 18.9. The van der Waals surface area contributed by atoms with Gasteiger partial charge in [0.2, 0.25) is 0 Å². The average molecular weight is 494 g/mol. The highest BCUT2D eigenvalue weighted by molar-refractivity contribution is 9.10. The van der Waals surface area contributed by atoms with Gasteiger partial charge in [0.1, 0.15) is 23.2 Å². The van der Waals surface area contributed by atoms with Crippen LogP contribution in [0.25, 0.3) is 11.0 Å². The van der Waals surface area contributed by atoms with Gasteiger partial charge in [-0.05, 0) is 45.0 Å². The monoisotopic (exact) mass is 493 g/mol. The van der Waals surface area contributed by atoms with Crippen molar-refractivity contribution < 1.29 is 23.0 Å². The quantitative estimate of drug-likeness (QED) is 0.466. The van der Waals surface area contributed by atoms with E-state index in [-0.39, 0.29) is 5.75 Å². The lowest BCUT2D eigenvalue weighted by molar-refractivity contribution is -0.0512. The smallest absolute Gasteiger partial charge is 0.411 e. The Morgan fingerprint density at radius 1 is 1.19 bits per heavy atom. The van der Waals surface area contributed by atoms with Crippen LogP contribution in [-0.2, 0) is 11.3 Å². The van der Waals surface area contributed by atoms with Gasteiger partial charge in [0.15, 0.2) is 0 Å². The summed E-state index contributed by atoms with van der Waals surface area (Å²) >= 11 is 3.48. The molecule has 4 rings (SSSR count). The zero-order chi connectivity index (χ0) is 22.3. The first-order valence-corrected chi connectivity index (χ1v) is 10.6. The molecular formula is C22H22BrF2N3O3. The van der Waals surface area contributed by atoms with E-state index in [1.54, 1.807) is 39.0 Å². The zero-order valence-electron chi connectivity index (χ0n) is 17.3. The number of ether oxygens (including phenoxy) is 2. The first-order valence-electron chi connectivity index (χ1n) is 9.83. The number of carbonyl (C=O) groups excluding carboxylic acids is 1. The maximum absolute atomic E-state index is 13.1. The number of aromatic nitrogens is 2. The number of hydrogen-bond acceptors (Lipinski definition) is 4. The molecule has 6 nitrogen and oxygen atoms in total. The van der Waals surface area contributed by atoms with E-state index in [9.17, 15) is 13.6 Å². The Bertz CT molecular complexity index is 1130. The lowest BCUT2D eigenvalue weighted by Crippen LogP contribution is -2.45. The topological polar surface area (TPSA) is 56.6 Å². The number of halogens is 3.